The van der Waals surface area contributed by atoms with Crippen LogP contribution in [0.3, 0.4) is 0 Å². The molecular formula is C26H38N4O. The van der Waals surface area contributed by atoms with Crippen LogP contribution in [0.1, 0.15) is 52.4 Å². The lowest BCUT2D eigenvalue weighted by molar-refractivity contribution is 0.117. The molecule has 31 heavy (non-hydrogen) atoms. The second kappa shape index (κ2) is 13.1. The molecule has 0 spiro atoms. The van der Waals surface area contributed by atoms with Crippen LogP contribution < -0.4 is 16.0 Å². The molecule has 0 saturated heterocycles. The third kappa shape index (κ3) is 7.67. The van der Waals surface area contributed by atoms with E-state index < -0.39 is 0 Å². The van der Waals surface area contributed by atoms with Crippen molar-refractivity contribution in [2.75, 3.05) is 43.6 Å². The van der Waals surface area contributed by atoms with Gasteiger partial charge in [0.1, 0.15) is 0 Å². The first-order valence-corrected chi connectivity index (χ1v) is 11.9. The van der Waals surface area contributed by atoms with E-state index in [2.05, 4.69) is 72.3 Å². The zero-order chi connectivity index (χ0) is 21.7. The van der Waals surface area contributed by atoms with Gasteiger partial charge in [-0.1, -0.05) is 45.2 Å². The van der Waals surface area contributed by atoms with Crippen LogP contribution in [0.4, 0.5) is 11.4 Å². The molecule has 0 fully saturated rings. The molecule has 2 aromatic carbocycles. The monoisotopic (exact) mass is 422 g/mol. The minimum Gasteiger partial charge on any atom is -0.385 e. The predicted octanol–water partition coefficient (Wildman–Crippen LogP) is 6.16. The van der Waals surface area contributed by atoms with Gasteiger partial charge in [-0.05, 0) is 56.1 Å². The molecule has 3 rings (SSSR count). The molecule has 0 unspecified atom stereocenters. The molecule has 0 atom stereocenters. The maximum atomic E-state index is 5.43. The highest BCUT2D eigenvalue weighted by atomic mass is 16.5. The topological polar surface area (TPSA) is 58.2 Å². The van der Waals surface area contributed by atoms with E-state index in [1.165, 1.54) is 36.5 Å². The maximum absolute atomic E-state index is 5.43. The molecule has 0 aliphatic rings. The maximum Gasteiger partial charge on any atom is 0.0965 e. The number of benzene rings is 2. The molecule has 0 bridgehead atoms. The first-order chi connectivity index (χ1) is 15.3. The van der Waals surface area contributed by atoms with Crippen LogP contribution in [0.25, 0.3) is 21.8 Å². The van der Waals surface area contributed by atoms with Crippen LogP contribution in [-0.2, 0) is 4.74 Å². The molecule has 0 radical (unpaired) electrons. The van der Waals surface area contributed by atoms with Gasteiger partial charge in [-0.2, -0.15) is 0 Å². The number of unbranched alkanes of at least 4 members (excludes halogenated alkanes) is 3. The SMILES string of the molecule is CCCCCCNc1ccc2cc3ccc(NCCCNCOCCC)cc3nc2c1. The lowest BCUT2D eigenvalue weighted by atomic mass is 10.1. The van der Waals surface area contributed by atoms with Crippen molar-refractivity contribution in [1.29, 1.82) is 0 Å². The van der Waals surface area contributed by atoms with Gasteiger partial charge in [0, 0.05) is 41.8 Å². The zero-order valence-corrected chi connectivity index (χ0v) is 19.2. The van der Waals surface area contributed by atoms with Gasteiger partial charge in [0.2, 0.25) is 0 Å². The summed E-state index contributed by atoms with van der Waals surface area (Å²) in [6.07, 6.45) is 7.20. The number of pyridine rings is 1. The van der Waals surface area contributed by atoms with Gasteiger partial charge in [-0.15, -0.1) is 0 Å². The Bertz CT molecular complexity index is 928. The average molecular weight is 423 g/mol. The number of fused-ring (bicyclic) bond motifs is 2. The minimum absolute atomic E-state index is 0.635. The Morgan fingerprint density at radius 3 is 2.03 bits per heavy atom. The smallest absolute Gasteiger partial charge is 0.0965 e. The van der Waals surface area contributed by atoms with Crippen LogP contribution in [0.2, 0.25) is 0 Å². The normalized spacial score (nSPS) is 11.3. The highest BCUT2D eigenvalue weighted by Crippen LogP contribution is 2.24. The number of aromatic nitrogens is 1. The number of nitrogens with one attached hydrogen (secondary N) is 3. The highest BCUT2D eigenvalue weighted by molar-refractivity contribution is 5.95. The van der Waals surface area contributed by atoms with Crippen molar-refractivity contribution in [1.82, 2.24) is 10.3 Å². The number of nitrogens with zero attached hydrogens (tertiary/aromatic N) is 1. The Labute approximate surface area is 187 Å². The van der Waals surface area contributed by atoms with Crippen LogP contribution >= 0.6 is 0 Å². The van der Waals surface area contributed by atoms with Gasteiger partial charge < -0.3 is 15.4 Å². The summed E-state index contributed by atoms with van der Waals surface area (Å²) in [4.78, 5) is 4.93. The predicted molar refractivity (Wildman–Crippen MR) is 134 cm³/mol. The van der Waals surface area contributed by atoms with E-state index in [4.69, 9.17) is 9.72 Å². The Morgan fingerprint density at radius 1 is 0.710 bits per heavy atom. The number of rotatable bonds is 15. The summed E-state index contributed by atoms with van der Waals surface area (Å²) in [5, 5.41) is 12.7. The minimum atomic E-state index is 0.635. The molecule has 3 N–H and O–H groups in total. The number of hydrogen-bond donors (Lipinski definition) is 3. The summed E-state index contributed by atoms with van der Waals surface area (Å²) < 4.78 is 5.43. The lowest BCUT2D eigenvalue weighted by Gasteiger charge is -2.10. The van der Waals surface area contributed by atoms with Crippen molar-refractivity contribution in [3.8, 4) is 0 Å². The first kappa shape index (κ1) is 23.3. The fourth-order valence-corrected chi connectivity index (χ4v) is 3.63. The van der Waals surface area contributed by atoms with Crippen molar-refractivity contribution in [2.24, 2.45) is 0 Å². The van der Waals surface area contributed by atoms with Crippen LogP contribution in [0.15, 0.2) is 42.5 Å². The summed E-state index contributed by atoms with van der Waals surface area (Å²) in [5.41, 5.74) is 4.34. The lowest BCUT2D eigenvalue weighted by Crippen LogP contribution is -2.21. The van der Waals surface area contributed by atoms with E-state index in [0.717, 1.165) is 61.5 Å². The van der Waals surface area contributed by atoms with Gasteiger partial charge in [0.15, 0.2) is 0 Å². The van der Waals surface area contributed by atoms with Crippen molar-refractivity contribution in [3.05, 3.63) is 42.5 Å². The van der Waals surface area contributed by atoms with E-state index in [9.17, 15) is 0 Å². The van der Waals surface area contributed by atoms with Crippen molar-refractivity contribution < 1.29 is 4.74 Å². The van der Waals surface area contributed by atoms with Crippen molar-refractivity contribution in [2.45, 2.75) is 52.4 Å². The molecule has 168 valence electrons. The number of ether oxygens (including phenoxy) is 1. The second-order valence-corrected chi connectivity index (χ2v) is 8.12. The van der Waals surface area contributed by atoms with E-state index in [1.807, 2.05) is 0 Å². The Kier molecular flexibility index (Phi) is 9.87. The summed E-state index contributed by atoms with van der Waals surface area (Å²) in [5.74, 6) is 0. The summed E-state index contributed by atoms with van der Waals surface area (Å²) in [7, 11) is 0. The summed E-state index contributed by atoms with van der Waals surface area (Å²) in [6.45, 7) is 8.71. The largest absolute Gasteiger partial charge is 0.385 e. The number of anilines is 2. The molecule has 3 aromatic rings. The quantitative estimate of drug-likeness (QED) is 0.156. The van der Waals surface area contributed by atoms with Gasteiger partial charge in [-0.3, -0.25) is 5.32 Å². The Balaban J connectivity index is 1.54. The summed E-state index contributed by atoms with van der Waals surface area (Å²) in [6, 6.07) is 15.2. The Hall–Kier alpha value is -2.37. The first-order valence-electron chi connectivity index (χ1n) is 11.9. The highest BCUT2D eigenvalue weighted by Gasteiger charge is 2.03. The van der Waals surface area contributed by atoms with Gasteiger partial charge >= 0.3 is 0 Å². The van der Waals surface area contributed by atoms with Crippen molar-refractivity contribution in [3.63, 3.8) is 0 Å². The van der Waals surface area contributed by atoms with Crippen LogP contribution in [0, 0.1) is 0 Å². The third-order valence-electron chi connectivity index (χ3n) is 5.38. The molecule has 5 nitrogen and oxygen atoms in total. The van der Waals surface area contributed by atoms with E-state index in [1.54, 1.807) is 0 Å². The van der Waals surface area contributed by atoms with E-state index in [0.29, 0.717) is 6.73 Å². The average Bonchev–Trinajstić information content (AvgIpc) is 2.79. The molecule has 0 amide bonds. The molecule has 0 saturated carbocycles. The third-order valence-corrected chi connectivity index (χ3v) is 5.38. The van der Waals surface area contributed by atoms with Gasteiger partial charge in [0.25, 0.3) is 0 Å². The molecule has 5 heteroatoms. The van der Waals surface area contributed by atoms with Crippen LogP contribution in [0.5, 0.6) is 0 Å². The van der Waals surface area contributed by atoms with Gasteiger partial charge in [-0.25, -0.2) is 4.98 Å². The molecule has 0 aliphatic heterocycles. The number of hydrogen-bond acceptors (Lipinski definition) is 5. The standard InChI is InChI=1S/C26H38N4O/c1-3-5-6-7-14-28-23-11-9-21-17-22-10-12-24(19-26(22)30-25(21)18-23)29-15-8-13-27-20-31-16-4-2/h9-12,17-19,27-29H,3-8,13-16,20H2,1-2H3. The van der Waals surface area contributed by atoms with Crippen molar-refractivity contribution >= 4 is 33.2 Å². The van der Waals surface area contributed by atoms with E-state index in [-0.39, 0.29) is 0 Å². The van der Waals surface area contributed by atoms with Crippen LogP contribution in [-0.4, -0.2) is 38.0 Å². The summed E-state index contributed by atoms with van der Waals surface area (Å²) >= 11 is 0. The Morgan fingerprint density at radius 2 is 1.39 bits per heavy atom. The molecule has 1 heterocycles. The molecular weight excluding hydrogens is 384 g/mol. The molecule has 1 aromatic heterocycles. The fraction of sp³-hybridized carbons (Fsp3) is 0.500. The molecule has 0 aliphatic carbocycles. The van der Waals surface area contributed by atoms with E-state index >= 15 is 0 Å². The fourth-order valence-electron chi connectivity index (χ4n) is 3.63. The van der Waals surface area contributed by atoms with Gasteiger partial charge in [0.05, 0.1) is 17.8 Å². The second-order valence-electron chi connectivity index (χ2n) is 8.12. The zero-order valence-electron chi connectivity index (χ0n) is 19.2.